The third-order valence-electron chi connectivity index (χ3n) is 6.04. The highest BCUT2D eigenvalue weighted by Crippen LogP contribution is 2.51. The SMILES string of the molecule is CN(C)C(=O)c1c(N)ccc(-c2cnc3c(c2Cl)C2(CCCCC2)CN3)c1F. The predicted molar refractivity (Wildman–Crippen MR) is 110 cm³/mol. The summed E-state index contributed by atoms with van der Waals surface area (Å²) in [6.45, 7) is 0.813. The van der Waals surface area contributed by atoms with Crippen LogP contribution in [0.2, 0.25) is 5.02 Å². The number of nitrogens with zero attached hydrogens (tertiary/aromatic N) is 2. The highest BCUT2D eigenvalue weighted by atomic mass is 35.5. The van der Waals surface area contributed by atoms with Crippen LogP contribution in [0.5, 0.6) is 0 Å². The van der Waals surface area contributed by atoms with Crippen LogP contribution in [0.3, 0.4) is 0 Å². The first-order valence-electron chi connectivity index (χ1n) is 9.58. The number of benzene rings is 1. The van der Waals surface area contributed by atoms with Crippen molar-refractivity contribution in [2.45, 2.75) is 37.5 Å². The number of nitrogens with one attached hydrogen (secondary N) is 1. The van der Waals surface area contributed by atoms with E-state index in [0.717, 1.165) is 43.6 Å². The van der Waals surface area contributed by atoms with Crippen LogP contribution >= 0.6 is 11.6 Å². The van der Waals surface area contributed by atoms with E-state index < -0.39 is 11.7 Å². The van der Waals surface area contributed by atoms with E-state index in [1.807, 2.05) is 0 Å². The second kappa shape index (κ2) is 6.92. The van der Waals surface area contributed by atoms with Gasteiger partial charge in [-0.3, -0.25) is 4.79 Å². The van der Waals surface area contributed by atoms with Gasteiger partial charge < -0.3 is 16.0 Å². The number of halogens is 2. The van der Waals surface area contributed by atoms with Gasteiger partial charge in [-0.05, 0) is 25.0 Å². The van der Waals surface area contributed by atoms with Crippen LogP contribution in [0, 0.1) is 5.82 Å². The predicted octanol–water partition coefficient (Wildman–Crippen LogP) is 4.45. The van der Waals surface area contributed by atoms with E-state index >= 15 is 4.39 Å². The quantitative estimate of drug-likeness (QED) is 0.728. The Balaban J connectivity index is 1.87. The van der Waals surface area contributed by atoms with Gasteiger partial charge in [0.05, 0.1) is 10.6 Å². The Labute approximate surface area is 169 Å². The first-order chi connectivity index (χ1) is 13.4. The molecule has 1 fully saturated rings. The van der Waals surface area contributed by atoms with Gasteiger partial charge in [-0.15, -0.1) is 0 Å². The summed E-state index contributed by atoms with van der Waals surface area (Å²) in [5, 5.41) is 3.90. The van der Waals surface area contributed by atoms with Crippen LogP contribution < -0.4 is 11.1 Å². The molecule has 2 heterocycles. The van der Waals surface area contributed by atoms with E-state index in [0.29, 0.717) is 10.6 Å². The van der Waals surface area contributed by atoms with Crippen molar-refractivity contribution in [3.8, 4) is 11.1 Å². The maximum atomic E-state index is 15.4. The molecule has 0 saturated heterocycles. The number of aromatic nitrogens is 1. The second-order valence-electron chi connectivity index (χ2n) is 7.99. The van der Waals surface area contributed by atoms with Crippen LogP contribution in [0.25, 0.3) is 11.1 Å². The number of nitrogens with two attached hydrogens (primary N) is 1. The Kier molecular flexibility index (Phi) is 4.70. The highest BCUT2D eigenvalue weighted by molar-refractivity contribution is 6.34. The molecule has 1 aromatic carbocycles. The summed E-state index contributed by atoms with van der Waals surface area (Å²) in [6.07, 6.45) is 7.20. The molecule has 1 aliphatic heterocycles. The van der Waals surface area contributed by atoms with Gasteiger partial charge in [-0.1, -0.05) is 30.9 Å². The van der Waals surface area contributed by atoms with Crippen LogP contribution in [-0.2, 0) is 5.41 Å². The van der Waals surface area contributed by atoms with E-state index in [1.165, 1.54) is 11.3 Å². The number of pyridine rings is 1. The first kappa shape index (κ1) is 19.0. The summed E-state index contributed by atoms with van der Waals surface area (Å²) in [7, 11) is 3.13. The Morgan fingerprint density at radius 3 is 2.64 bits per heavy atom. The summed E-state index contributed by atoms with van der Waals surface area (Å²) in [4.78, 5) is 18.3. The monoisotopic (exact) mass is 402 g/mol. The van der Waals surface area contributed by atoms with Crippen molar-refractivity contribution in [2.75, 3.05) is 31.7 Å². The number of anilines is 2. The second-order valence-corrected chi connectivity index (χ2v) is 8.37. The topological polar surface area (TPSA) is 71.2 Å². The van der Waals surface area contributed by atoms with Gasteiger partial charge in [0.25, 0.3) is 5.91 Å². The van der Waals surface area contributed by atoms with Crippen LogP contribution in [-0.4, -0.2) is 36.4 Å². The summed E-state index contributed by atoms with van der Waals surface area (Å²) in [5.74, 6) is -0.352. The molecule has 0 radical (unpaired) electrons. The summed E-state index contributed by atoms with van der Waals surface area (Å²) < 4.78 is 15.4. The number of fused-ring (bicyclic) bond motifs is 2. The smallest absolute Gasteiger partial charge is 0.258 e. The number of carbonyl (C=O) groups excluding carboxylic acids is 1. The van der Waals surface area contributed by atoms with Gasteiger partial charge in [0.15, 0.2) is 0 Å². The minimum Gasteiger partial charge on any atom is -0.398 e. The molecule has 1 spiro atoms. The molecule has 2 aliphatic rings. The van der Waals surface area contributed by atoms with Crippen LogP contribution in [0.4, 0.5) is 15.9 Å². The molecule has 28 heavy (non-hydrogen) atoms. The van der Waals surface area contributed by atoms with Crippen molar-refractivity contribution in [3.05, 3.63) is 40.3 Å². The molecule has 0 unspecified atom stereocenters. The van der Waals surface area contributed by atoms with Gasteiger partial charge in [-0.25, -0.2) is 9.37 Å². The molecule has 0 bridgehead atoms. The summed E-state index contributed by atoms with van der Waals surface area (Å²) in [5.41, 5.74) is 7.57. The van der Waals surface area contributed by atoms with Crippen molar-refractivity contribution in [1.29, 1.82) is 0 Å². The van der Waals surface area contributed by atoms with E-state index in [4.69, 9.17) is 17.3 Å². The lowest BCUT2D eigenvalue weighted by Crippen LogP contribution is -2.31. The number of rotatable bonds is 2. The Morgan fingerprint density at radius 2 is 1.96 bits per heavy atom. The minimum absolute atomic E-state index is 0.0414. The number of hydrogen-bond acceptors (Lipinski definition) is 4. The van der Waals surface area contributed by atoms with Crippen LogP contribution in [0.1, 0.15) is 48.0 Å². The van der Waals surface area contributed by atoms with E-state index in [9.17, 15) is 4.79 Å². The molecule has 148 valence electrons. The molecule has 1 saturated carbocycles. The minimum atomic E-state index is -0.661. The van der Waals surface area contributed by atoms with Crippen molar-refractivity contribution in [1.82, 2.24) is 9.88 Å². The molecule has 5 nitrogen and oxygen atoms in total. The fraction of sp³-hybridized carbons (Fsp3) is 0.429. The largest absolute Gasteiger partial charge is 0.398 e. The molecule has 0 atom stereocenters. The molecular formula is C21H24ClFN4O. The average molecular weight is 403 g/mol. The van der Waals surface area contributed by atoms with Gasteiger partial charge in [-0.2, -0.15) is 0 Å². The van der Waals surface area contributed by atoms with Crippen molar-refractivity contribution in [3.63, 3.8) is 0 Å². The van der Waals surface area contributed by atoms with Gasteiger partial charge in [0.2, 0.25) is 0 Å². The average Bonchev–Trinajstić information content (AvgIpc) is 3.02. The molecule has 4 rings (SSSR count). The molecule has 7 heteroatoms. The van der Waals surface area contributed by atoms with Crippen LogP contribution in [0.15, 0.2) is 18.3 Å². The first-order valence-corrected chi connectivity index (χ1v) is 9.96. The van der Waals surface area contributed by atoms with Gasteiger partial charge >= 0.3 is 0 Å². The normalized spacial score (nSPS) is 17.3. The fourth-order valence-electron chi connectivity index (χ4n) is 4.53. The number of hydrogen-bond donors (Lipinski definition) is 2. The number of nitrogen functional groups attached to an aromatic ring is 1. The Bertz CT molecular complexity index is 948. The molecule has 1 aliphatic carbocycles. The van der Waals surface area contributed by atoms with E-state index in [1.54, 1.807) is 32.4 Å². The summed E-state index contributed by atoms with van der Waals surface area (Å²) in [6, 6.07) is 3.12. The third-order valence-corrected chi connectivity index (χ3v) is 6.43. The van der Waals surface area contributed by atoms with E-state index in [2.05, 4.69) is 10.3 Å². The lowest BCUT2D eigenvalue weighted by Gasteiger charge is -2.34. The zero-order chi connectivity index (χ0) is 20.1. The molecular weight excluding hydrogens is 379 g/mol. The van der Waals surface area contributed by atoms with Gasteiger partial charge in [0, 0.05) is 54.6 Å². The van der Waals surface area contributed by atoms with E-state index in [-0.39, 0.29) is 22.2 Å². The maximum Gasteiger partial charge on any atom is 0.258 e. The third kappa shape index (κ3) is 2.82. The zero-order valence-electron chi connectivity index (χ0n) is 16.1. The van der Waals surface area contributed by atoms with Crippen molar-refractivity contribution in [2.24, 2.45) is 0 Å². The molecule has 3 N–H and O–H groups in total. The van der Waals surface area contributed by atoms with Crippen molar-refractivity contribution < 1.29 is 9.18 Å². The molecule has 2 aromatic rings. The lowest BCUT2D eigenvalue weighted by atomic mass is 9.71. The zero-order valence-corrected chi connectivity index (χ0v) is 16.9. The lowest BCUT2D eigenvalue weighted by molar-refractivity contribution is 0.0824. The summed E-state index contributed by atoms with van der Waals surface area (Å²) >= 11 is 6.84. The van der Waals surface area contributed by atoms with Gasteiger partial charge in [0.1, 0.15) is 11.6 Å². The Hall–Kier alpha value is -2.34. The standard InChI is InChI=1S/C21H24ClFN4O/c1-27(2)20(28)15-14(24)7-6-12(18(15)23)13-10-25-19-16(17(13)22)21(11-26-19)8-4-3-5-9-21/h6-7,10H,3-5,8-9,11,24H2,1-2H3,(H,25,26). The van der Waals surface area contributed by atoms with Crippen molar-refractivity contribution >= 4 is 29.0 Å². The number of amides is 1. The number of carbonyl (C=O) groups is 1. The fourth-order valence-corrected chi connectivity index (χ4v) is 4.97. The maximum absolute atomic E-state index is 15.4. The highest BCUT2D eigenvalue weighted by Gasteiger charge is 2.43. The molecule has 1 aromatic heterocycles. The molecule has 1 amide bonds. The Morgan fingerprint density at radius 1 is 1.25 bits per heavy atom.